The summed E-state index contributed by atoms with van der Waals surface area (Å²) < 4.78 is 6.25. The second kappa shape index (κ2) is 8.76. The van der Waals surface area contributed by atoms with Crippen LogP contribution in [0.2, 0.25) is 0 Å². The van der Waals surface area contributed by atoms with E-state index >= 15 is 0 Å². The summed E-state index contributed by atoms with van der Waals surface area (Å²) >= 11 is 0. The van der Waals surface area contributed by atoms with Crippen LogP contribution < -0.4 is 10.6 Å². The van der Waals surface area contributed by atoms with E-state index in [9.17, 15) is 4.79 Å². The number of nitrogens with zero attached hydrogens (tertiary/aromatic N) is 2. The molecule has 1 aromatic carbocycles. The van der Waals surface area contributed by atoms with Crippen LogP contribution in [0, 0.1) is 0 Å². The molecule has 0 bridgehead atoms. The Balaban J connectivity index is 1.65. The number of nitrogens with two attached hydrogens (primary N) is 1. The third-order valence-electron chi connectivity index (χ3n) is 5.75. The Bertz CT molecular complexity index is 763. The lowest BCUT2D eigenvalue weighted by Gasteiger charge is -2.49. The van der Waals surface area contributed by atoms with Gasteiger partial charge < -0.3 is 20.3 Å². The lowest BCUT2D eigenvalue weighted by atomic mass is 9.88. The predicted molar refractivity (Wildman–Crippen MR) is 115 cm³/mol. The Labute approximate surface area is 168 Å². The summed E-state index contributed by atoms with van der Waals surface area (Å²) in [5, 5.41) is 0. The van der Waals surface area contributed by atoms with Crippen LogP contribution in [0.1, 0.15) is 26.2 Å². The van der Waals surface area contributed by atoms with E-state index in [0.29, 0.717) is 12.2 Å². The van der Waals surface area contributed by atoms with Crippen molar-refractivity contribution in [3.63, 3.8) is 0 Å². The topological polar surface area (TPSA) is 58.8 Å². The SMILES string of the molecule is C=C/C=C(\C=C)CCN1CCC2(CC1)CN(c1cccc(N)c1)C(=O)C(C)O2. The van der Waals surface area contributed by atoms with Crippen LogP contribution in [0.5, 0.6) is 0 Å². The number of carbonyl (C=O) groups excluding carboxylic acids is 1. The fourth-order valence-electron chi connectivity index (χ4n) is 4.11. The zero-order valence-corrected chi connectivity index (χ0v) is 16.8. The lowest BCUT2D eigenvalue weighted by molar-refractivity contribution is -0.161. The van der Waals surface area contributed by atoms with Crippen LogP contribution in [-0.2, 0) is 9.53 Å². The maximum absolute atomic E-state index is 12.7. The minimum absolute atomic E-state index is 0.00356. The van der Waals surface area contributed by atoms with Gasteiger partial charge in [-0.15, -0.1) is 0 Å². The molecule has 2 heterocycles. The monoisotopic (exact) mass is 381 g/mol. The van der Waals surface area contributed by atoms with Crippen LogP contribution in [0.4, 0.5) is 11.4 Å². The molecule has 3 rings (SSSR count). The number of hydrogen-bond donors (Lipinski definition) is 1. The van der Waals surface area contributed by atoms with E-state index in [1.165, 1.54) is 5.57 Å². The van der Waals surface area contributed by atoms with Gasteiger partial charge in [-0.2, -0.15) is 0 Å². The number of benzene rings is 1. The Hall–Kier alpha value is -2.37. The van der Waals surface area contributed by atoms with E-state index < -0.39 is 6.10 Å². The first-order valence-electron chi connectivity index (χ1n) is 9.97. The van der Waals surface area contributed by atoms with Crippen molar-refractivity contribution in [1.82, 2.24) is 4.90 Å². The number of likely N-dealkylation sites (tertiary alicyclic amines) is 1. The molecule has 2 aliphatic heterocycles. The smallest absolute Gasteiger partial charge is 0.255 e. The molecule has 2 saturated heterocycles. The molecule has 0 aliphatic carbocycles. The molecule has 0 radical (unpaired) electrons. The minimum atomic E-state index is -0.440. The molecule has 2 aliphatic rings. The van der Waals surface area contributed by atoms with Crippen molar-refractivity contribution < 1.29 is 9.53 Å². The van der Waals surface area contributed by atoms with Crippen molar-refractivity contribution in [2.24, 2.45) is 0 Å². The predicted octanol–water partition coefficient (Wildman–Crippen LogP) is 3.54. The van der Waals surface area contributed by atoms with Crippen molar-refractivity contribution in [2.45, 2.75) is 37.9 Å². The summed E-state index contributed by atoms with van der Waals surface area (Å²) in [6.45, 7) is 13.0. The van der Waals surface area contributed by atoms with Crippen LogP contribution in [0.25, 0.3) is 0 Å². The summed E-state index contributed by atoms with van der Waals surface area (Å²) in [7, 11) is 0. The Morgan fingerprint density at radius 2 is 2.11 bits per heavy atom. The third kappa shape index (κ3) is 4.54. The van der Waals surface area contributed by atoms with Crippen LogP contribution in [0.15, 0.2) is 61.2 Å². The van der Waals surface area contributed by atoms with E-state index in [0.717, 1.165) is 44.6 Å². The maximum Gasteiger partial charge on any atom is 0.255 e. The fourth-order valence-corrected chi connectivity index (χ4v) is 4.11. The molecule has 1 atom stereocenters. The molecule has 1 unspecified atom stereocenters. The number of allylic oxidation sites excluding steroid dienone is 3. The number of piperidine rings is 1. The number of hydrogen-bond acceptors (Lipinski definition) is 4. The summed E-state index contributed by atoms with van der Waals surface area (Å²) in [5.74, 6) is 0.00356. The highest BCUT2D eigenvalue weighted by molar-refractivity contribution is 5.97. The summed E-state index contributed by atoms with van der Waals surface area (Å²) in [4.78, 5) is 17.0. The molecular formula is C23H31N3O2. The van der Waals surface area contributed by atoms with Gasteiger partial charge in [-0.25, -0.2) is 0 Å². The highest BCUT2D eigenvalue weighted by atomic mass is 16.5. The Morgan fingerprint density at radius 1 is 1.36 bits per heavy atom. The minimum Gasteiger partial charge on any atom is -0.399 e. The number of rotatable bonds is 6. The molecule has 1 amide bonds. The average molecular weight is 382 g/mol. The van der Waals surface area contributed by atoms with Gasteiger partial charge in [0.1, 0.15) is 6.10 Å². The van der Waals surface area contributed by atoms with Crippen LogP contribution >= 0.6 is 0 Å². The van der Waals surface area contributed by atoms with E-state index in [1.807, 2.05) is 48.2 Å². The molecule has 28 heavy (non-hydrogen) atoms. The lowest BCUT2D eigenvalue weighted by Crippen LogP contribution is -2.61. The molecule has 0 saturated carbocycles. The van der Waals surface area contributed by atoms with E-state index in [4.69, 9.17) is 10.5 Å². The average Bonchev–Trinajstić information content (AvgIpc) is 2.69. The van der Waals surface area contributed by atoms with Gasteiger partial charge in [0.2, 0.25) is 0 Å². The van der Waals surface area contributed by atoms with Crippen molar-refractivity contribution in [2.75, 3.05) is 36.8 Å². The third-order valence-corrected chi connectivity index (χ3v) is 5.75. The quantitative estimate of drug-likeness (QED) is 0.605. The first-order valence-corrected chi connectivity index (χ1v) is 9.97. The van der Waals surface area contributed by atoms with Crippen molar-refractivity contribution in [3.05, 3.63) is 61.2 Å². The number of morpholine rings is 1. The first kappa shape index (κ1) is 20.4. The van der Waals surface area contributed by atoms with Gasteiger partial charge in [-0.3, -0.25) is 4.79 Å². The van der Waals surface area contributed by atoms with Gasteiger partial charge in [-0.1, -0.05) is 37.5 Å². The number of nitrogen functional groups attached to an aromatic ring is 1. The van der Waals surface area contributed by atoms with Gasteiger partial charge in [0.15, 0.2) is 0 Å². The second-order valence-corrected chi connectivity index (χ2v) is 7.74. The Morgan fingerprint density at radius 3 is 2.75 bits per heavy atom. The summed E-state index contributed by atoms with van der Waals surface area (Å²) in [5.41, 5.74) is 8.37. The van der Waals surface area contributed by atoms with Gasteiger partial charge in [0, 0.05) is 31.0 Å². The van der Waals surface area contributed by atoms with Gasteiger partial charge in [0.05, 0.1) is 12.1 Å². The molecule has 1 spiro atoms. The molecule has 2 fully saturated rings. The fraction of sp³-hybridized carbons (Fsp3) is 0.435. The van der Waals surface area contributed by atoms with Crippen molar-refractivity contribution >= 4 is 17.3 Å². The normalized spacial score (nSPS) is 23.0. The number of carbonyl (C=O) groups is 1. The van der Waals surface area contributed by atoms with Crippen molar-refractivity contribution in [1.29, 1.82) is 0 Å². The number of anilines is 2. The van der Waals surface area contributed by atoms with Gasteiger partial charge >= 0.3 is 0 Å². The van der Waals surface area contributed by atoms with Gasteiger partial charge in [-0.05, 0) is 50.0 Å². The van der Waals surface area contributed by atoms with E-state index in [1.54, 1.807) is 6.08 Å². The largest absolute Gasteiger partial charge is 0.399 e. The Kier molecular flexibility index (Phi) is 6.37. The highest BCUT2D eigenvalue weighted by Crippen LogP contribution is 2.35. The molecule has 1 aromatic rings. The molecule has 150 valence electrons. The molecule has 2 N–H and O–H groups in total. The second-order valence-electron chi connectivity index (χ2n) is 7.74. The van der Waals surface area contributed by atoms with E-state index in [-0.39, 0.29) is 11.5 Å². The van der Waals surface area contributed by atoms with E-state index in [2.05, 4.69) is 18.1 Å². The number of ether oxygens (including phenoxy) is 1. The molecule has 5 heteroatoms. The number of amides is 1. The molecule has 0 aromatic heterocycles. The zero-order valence-electron chi connectivity index (χ0n) is 16.8. The zero-order chi connectivity index (χ0) is 20.1. The van der Waals surface area contributed by atoms with Gasteiger partial charge in [0.25, 0.3) is 5.91 Å². The van der Waals surface area contributed by atoms with Crippen LogP contribution in [0.3, 0.4) is 0 Å². The molecular weight excluding hydrogens is 350 g/mol. The van der Waals surface area contributed by atoms with Crippen molar-refractivity contribution in [3.8, 4) is 0 Å². The summed E-state index contributed by atoms with van der Waals surface area (Å²) in [6, 6.07) is 7.53. The van der Waals surface area contributed by atoms with Crippen LogP contribution in [-0.4, -0.2) is 48.7 Å². The molecule has 5 nitrogen and oxygen atoms in total. The standard InChI is InChI=1S/C23H31N3O2/c1-4-7-19(5-2)10-13-25-14-11-23(12-15-25)17-26(22(27)18(3)28-23)21-9-6-8-20(24)16-21/h4-9,16,18H,1-2,10-15,17,24H2,3H3/b19-7+. The maximum atomic E-state index is 12.7. The highest BCUT2D eigenvalue weighted by Gasteiger charge is 2.45. The first-order chi connectivity index (χ1) is 13.5. The summed E-state index contributed by atoms with van der Waals surface area (Å²) in [6.07, 6.45) is 8.07.